The number of halogens is 1. The molecule has 1 aliphatic rings. The summed E-state index contributed by atoms with van der Waals surface area (Å²) in [5, 5.41) is 0. The van der Waals surface area contributed by atoms with E-state index in [0.717, 1.165) is 21.2 Å². The minimum absolute atomic E-state index is 0.337. The Labute approximate surface area is 145 Å². The third kappa shape index (κ3) is 2.93. The minimum atomic E-state index is -3.62. The molecule has 4 nitrogen and oxygen atoms in total. The van der Waals surface area contributed by atoms with Crippen LogP contribution in [-0.4, -0.2) is 31.6 Å². The molecule has 1 heterocycles. The van der Waals surface area contributed by atoms with Crippen molar-refractivity contribution in [2.75, 3.05) is 13.1 Å². The van der Waals surface area contributed by atoms with Crippen LogP contribution < -0.4 is 0 Å². The van der Waals surface area contributed by atoms with Crippen LogP contribution >= 0.6 is 15.9 Å². The van der Waals surface area contributed by atoms with Crippen LogP contribution in [0.3, 0.4) is 0 Å². The Balaban J connectivity index is 2.07. The molecule has 0 spiro atoms. The van der Waals surface area contributed by atoms with Crippen LogP contribution in [0.1, 0.15) is 16.7 Å². The van der Waals surface area contributed by atoms with Gasteiger partial charge in [-0.3, -0.25) is 4.99 Å². The van der Waals surface area contributed by atoms with Crippen molar-refractivity contribution >= 4 is 31.8 Å². The molecule has 3 rings (SSSR count). The molecule has 23 heavy (non-hydrogen) atoms. The first-order valence-electron chi connectivity index (χ1n) is 7.30. The largest absolute Gasteiger partial charge is 0.265 e. The van der Waals surface area contributed by atoms with E-state index >= 15 is 0 Å². The fourth-order valence-electron chi connectivity index (χ4n) is 2.64. The summed E-state index contributed by atoms with van der Waals surface area (Å²) in [7, 11) is -3.62. The number of nitrogens with zero attached hydrogens (tertiary/aromatic N) is 2. The summed E-state index contributed by atoms with van der Waals surface area (Å²) < 4.78 is 28.6. The molecule has 6 heteroatoms. The van der Waals surface area contributed by atoms with Gasteiger partial charge in [0.1, 0.15) is 5.84 Å². The van der Waals surface area contributed by atoms with Gasteiger partial charge >= 0.3 is 0 Å². The lowest BCUT2D eigenvalue weighted by Gasteiger charge is -2.22. The summed E-state index contributed by atoms with van der Waals surface area (Å²) in [4.78, 5) is 4.74. The standard InChI is InChI=1S/C17H17BrN2O2S/c1-12-11-16(13(2)10-15(12)18)23(21,22)20-9-8-19-17(20)14-6-4-3-5-7-14/h3-7,10-11H,8-9H2,1-2H3. The number of hydrogen-bond acceptors (Lipinski definition) is 3. The van der Waals surface area contributed by atoms with Gasteiger partial charge in [0.15, 0.2) is 0 Å². The summed E-state index contributed by atoms with van der Waals surface area (Å²) in [6.07, 6.45) is 0. The van der Waals surface area contributed by atoms with E-state index in [0.29, 0.717) is 23.8 Å². The zero-order valence-corrected chi connectivity index (χ0v) is 15.4. The molecule has 2 aromatic rings. The highest BCUT2D eigenvalue weighted by Gasteiger charge is 2.32. The van der Waals surface area contributed by atoms with Crippen LogP contribution in [0, 0.1) is 13.8 Å². The van der Waals surface area contributed by atoms with E-state index in [9.17, 15) is 8.42 Å². The maximum Gasteiger partial charge on any atom is 0.265 e. The molecule has 0 aliphatic carbocycles. The van der Waals surface area contributed by atoms with Gasteiger partial charge in [0.25, 0.3) is 10.0 Å². The van der Waals surface area contributed by atoms with Gasteiger partial charge in [-0.05, 0) is 37.1 Å². The first-order chi connectivity index (χ1) is 10.9. The fourth-order valence-corrected chi connectivity index (χ4v) is 4.84. The van der Waals surface area contributed by atoms with E-state index in [4.69, 9.17) is 0 Å². The molecule has 1 aliphatic heterocycles. The van der Waals surface area contributed by atoms with Crippen molar-refractivity contribution in [1.82, 2.24) is 4.31 Å². The van der Waals surface area contributed by atoms with E-state index < -0.39 is 10.0 Å². The zero-order valence-electron chi connectivity index (χ0n) is 13.0. The molecule has 0 amide bonds. The normalized spacial score (nSPS) is 14.9. The molecule has 2 aromatic carbocycles. The third-order valence-electron chi connectivity index (χ3n) is 3.86. The van der Waals surface area contributed by atoms with E-state index in [1.807, 2.05) is 50.2 Å². The highest BCUT2D eigenvalue weighted by Crippen LogP contribution is 2.28. The smallest absolute Gasteiger partial charge is 0.265 e. The van der Waals surface area contributed by atoms with Gasteiger partial charge in [-0.15, -0.1) is 0 Å². The molecule has 120 valence electrons. The van der Waals surface area contributed by atoms with E-state index in [1.54, 1.807) is 6.07 Å². The molecule has 0 fully saturated rings. The summed E-state index contributed by atoms with van der Waals surface area (Å²) in [6.45, 7) is 4.56. The molecule has 0 bridgehead atoms. The number of benzene rings is 2. The Morgan fingerprint density at radius 3 is 2.48 bits per heavy atom. The van der Waals surface area contributed by atoms with Crippen molar-refractivity contribution in [2.45, 2.75) is 18.7 Å². The third-order valence-corrected chi connectivity index (χ3v) is 6.64. The number of aryl methyl sites for hydroxylation is 2. The second kappa shape index (κ2) is 6.09. The van der Waals surface area contributed by atoms with Crippen LogP contribution in [0.2, 0.25) is 0 Å². The summed E-state index contributed by atoms with van der Waals surface area (Å²) in [5.41, 5.74) is 2.44. The van der Waals surface area contributed by atoms with Gasteiger partial charge in [-0.1, -0.05) is 46.3 Å². The number of aliphatic imine (C=N–C) groups is 1. The van der Waals surface area contributed by atoms with Gasteiger partial charge in [0.2, 0.25) is 0 Å². The first-order valence-corrected chi connectivity index (χ1v) is 9.54. The van der Waals surface area contributed by atoms with Gasteiger partial charge in [-0.2, -0.15) is 0 Å². The highest BCUT2D eigenvalue weighted by molar-refractivity contribution is 9.10. The van der Waals surface area contributed by atoms with E-state index in [2.05, 4.69) is 20.9 Å². The molecule has 0 saturated heterocycles. The summed E-state index contributed by atoms with van der Waals surface area (Å²) >= 11 is 3.45. The molecule has 0 atom stereocenters. The molecular weight excluding hydrogens is 376 g/mol. The monoisotopic (exact) mass is 392 g/mol. The quantitative estimate of drug-likeness (QED) is 0.801. The zero-order chi connectivity index (χ0) is 16.6. The predicted octanol–water partition coefficient (Wildman–Crippen LogP) is 3.52. The lowest BCUT2D eigenvalue weighted by molar-refractivity contribution is 0.537. The second-order valence-electron chi connectivity index (χ2n) is 5.52. The van der Waals surface area contributed by atoms with Crippen molar-refractivity contribution in [3.8, 4) is 0 Å². The lowest BCUT2D eigenvalue weighted by Crippen LogP contribution is -2.35. The minimum Gasteiger partial charge on any atom is -0.265 e. The average Bonchev–Trinajstić information content (AvgIpc) is 3.02. The molecular formula is C17H17BrN2O2S. The molecule has 0 radical (unpaired) electrons. The predicted molar refractivity (Wildman–Crippen MR) is 95.4 cm³/mol. The number of sulfonamides is 1. The van der Waals surface area contributed by atoms with Crippen molar-refractivity contribution in [3.63, 3.8) is 0 Å². The Morgan fingerprint density at radius 2 is 1.78 bits per heavy atom. The summed E-state index contributed by atoms with van der Waals surface area (Å²) in [5.74, 6) is 0.519. The number of rotatable bonds is 3. The number of amidine groups is 1. The van der Waals surface area contributed by atoms with Crippen LogP contribution in [0.15, 0.2) is 56.8 Å². The van der Waals surface area contributed by atoms with Gasteiger partial charge in [0.05, 0.1) is 18.0 Å². The second-order valence-corrected chi connectivity index (χ2v) is 8.20. The van der Waals surface area contributed by atoms with Crippen molar-refractivity contribution in [2.24, 2.45) is 4.99 Å². The first kappa shape index (κ1) is 16.2. The van der Waals surface area contributed by atoms with E-state index in [-0.39, 0.29) is 0 Å². The average molecular weight is 393 g/mol. The van der Waals surface area contributed by atoms with Crippen molar-refractivity contribution in [1.29, 1.82) is 0 Å². The molecule has 0 unspecified atom stereocenters. The van der Waals surface area contributed by atoms with Crippen LogP contribution in [0.4, 0.5) is 0 Å². The number of hydrogen-bond donors (Lipinski definition) is 0. The maximum atomic E-state index is 13.1. The topological polar surface area (TPSA) is 49.7 Å². The van der Waals surface area contributed by atoms with Gasteiger partial charge < -0.3 is 0 Å². The lowest BCUT2D eigenvalue weighted by atomic mass is 10.2. The van der Waals surface area contributed by atoms with Crippen LogP contribution in [0.25, 0.3) is 0 Å². The Morgan fingerprint density at radius 1 is 1.09 bits per heavy atom. The SMILES string of the molecule is Cc1cc(S(=O)(=O)N2CCN=C2c2ccccc2)c(C)cc1Br. The molecule has 0 N–H and O–H groups in total. The van der Waals surface area contributed by atoms with Crippen molar-refractivity contribution < 1.29 is 8.42 Å². The Kier molecular flexibility index (Phi) is 4.29. The van der Waals surface area contributed by atoms with Crippen LogP contribution in [0.5, 0.6) is 0 Å². The summed E-state index contributed by atoms with van der Waals surface area (Å²) in [6, 6.07) is 13.0. The Hall–Kier alpha value is -1.66. The maximum absolute atomic E-state index is 13.1. The van der Waals surface area contributed by atoms with Gasteiger partial charge in [0, 0.05) is 10.0 Å². The molecule has 0 saturated carbocycles. The van der Waals surface area contributed by atoms with Crippen molar-refractivity contribution in [3.05, 3.63) is 63.6 Å². The van der Waals surface area contributed by atoms with E-state index in [1.165, 1.54) is 4.31 Å². The Bertz CT molecular complexity index is 877. The fraction of sp³-hybridized carbons (Fsp3) is 0.235. The molecule has 0 aromatic heterocycles. The van der Waals surface area contributed by atoms with Crippen LogP contribution in [-0.2, 0) is 10.0 Å². The highest BCUT2D eigenvalue weighted by atomic mass is 79.9. The van der Waals surface area contributed by atoms with Gasteiger partial charge in [-0.25, -0.2) is 12.7 Å².